The van der Waals surface area contributed by atoms with Crippen molar-refractivity contribution in [3.63, 3.8) is 0 Å². The van der Waals surface area contributed by atoms with Gasteiger partial charge in [-0.25, -0.2) is 0 Å². The molecule has 4 heteroatoms. The van der Waals surface area contributed by atoms with E-state index in [1.165, 1.54) is 0 Å². The normalized spacial score (nSPS) is 20.4. The number of carbonyl (C=O) groups is 1. The molecule has 1 aliphatic heterocycles. The van der Waals surface area contributed by atoms with Crippen molar-refractivity contribution in [3.8, 4) is 0 Å². The Morgan fingerprint density at radius 3 is 2.54 bits per heavy atom. The standard InChI is InChI=1S/C9H17NO2S/c1-2-3-9(11)8-10-4-6-13(12)7-5-10/h2-8H2,1H3. The molecule has 0 unspecified atom stereocenters. The molecule has 0 bridgehead atoms. The molecule has 0 radical (unpaired) electrons. The fourth-order valence-corrected chi connectivity index (χ4v) is 2.57. The van der Waals surface area contributed by atoms with Gasteiger partial charge in [0.05, 0.1) is 6.54 Å². The number of carbonyl (C=O) groups excluding carboxylic acids is 1. The molecular weight excluding hydrogens is 186 g/mol. The molecule has 0 atom stereocenters. The molecular formula is C9H17NO2S. The van der Waals surface area contributed by atoms with Crippen LogP contribution in [-0.4, -0.2) is 46.0 Å². The van der Waals surface area contributed by atoms with Crippen LogP contribution in [0.5, 0.6) is 0 Å². The number of rotatable bonds is 4. The summed E-state index contributed by atoms with van der Waals surface area (Å²) in [6.45, 7) is 4.22. The minimum Gasteiger partial charge on any atom is -0.298 e. The Morgan fingerprint density at radius 2 is 2.00 bits per heavy atom. The van der Waals surface area contributed by atoms with Gasteiger partial charge in [0, 0.05) is 41.8 Å². The van der Waals surface area contributed by atoms with Crippen LogP contribution in [0, 0.1) is 0 Å². The fraction of sp³-hybridized carbons (Fsp3) is 0.889. The van der Waals surface area contributed by atoms with Crippen LogP contribution >= 0.6 is 0 Å². The third-order valence-electron chi connectivity index (χ3n) is 2.20. The Bertz CT molecular complexity index is 196. The van der Waals surface area contributed by atoms with E-state index in [1.807, 2.05) is 6.92 Å². The minimum absolute atomic E-state index is 0.315. The molecule has 0 aromatic heterocycles. The molecule has 1 rings (SSSR count). The van der Waals surface area contributed by atoms with Crippen LogP contribution in [0.4, 0.5) is 0 Å². The molecule has 1 saturated heterocycles. The van der Waals surface area contributed by atoms with E-state index in [-0.39, 0.29) is 0 Å². The van der Waals surface area contributed by atoms with Crippen LogP contribution in [0.1, 0.15) is 19.8 Å². The third-order valence-corrected chi connectivity index (χ3v) is 3.48. The van der Waals surface area contributed by atoms with E-state index in [4.69, 9.17) is 0 Å². The second kappa shape index (κ2) is 5.50. The molecule has 13 heavy (non-hydrogen) atoms. The van der Waals surface area contributed by atoms with Gasteiger partial charge in [0.15, 0.2) is 0 Å². The van der Waals surface area contributed by atoms with Gasteiger partial charge in [-0.05, 0) is 6.42 Å². The molecule has 0 spiro atoms. The second-order valence-electron chi connectivity index (χ2n) is 3.41. The van der Waals surface area contributed by atoms with Gasteiger partial charge in [-0.3, -0.25) is 13.9 Å². The van der Waals surface area contributed by atoms with E-state index in [0.717, 1.165) is 31.0 Å². The summed E-state index contributed by atoms with van der Waals surface area (Å²) in [6.07, 6.45) is 1.61. The summed E-state index contributed by atoms with van der Waals surface area (Å²) in [5, 5.41) is 0. The largest absolute Gasteiger partial charge is 0.298 e. The van der Waals surface area contributed by atoms with E-state index in [9.17, 15) is 9.00 Å². The Labute approximate surface area is 81.9 Å². The zero-order valence-corrected chi connectivity index (χ0v) is 8.94. The summed E-state index contributed by atoms with van der Waals surface area (Å²) in [6, 6.07) is 0. The number of ketones is 1. The molecule has 0 aliphatic carbocycles. The average Bonchev–Trinajstić information content (AvgIpc) is 2.09. The lowest BCUT2D eigenvalue weighted by atomic mass is 10.2. The molecule has 0 saturated carbocycles. The van der Waals surface area contributed by atoms with Gasteiger partial charge >= 0.3 is 0 Å². The first kappa shape index (κ1) is 10.9. The van der Waals surface area contributed by atoms with Gasteiger partial charge in [-0.2, -0.15) is 0 Å². The van der Waals surface area contributed by atoms with Gasteiger partial charge in [-0.15, -0.1) is 0 Å². The van der Waals surface area contributed by atoms with Crippen molar-refractivity contribution >= 4 is 16.6 Å². The molecule has 76 valence electrons. The molecule has 0 amide bonds. The van der Waals surface area contributed by atoms with Gasteiger partial charge in [-0.1, -0.05) is 6.92 Å². The Kier molecular flexibility index (Phi) is 4.59. The van der Waals surface area contributed by atoms with Crippen LogP contribution in [0.3, 0.4) is 0 Å². The smallest absolute Gasteiger partial charge is 0.146 e. The van der Waals surface area contributed by atoms with Crippen molar-refractivity contribution in [2.75, 3.05) is 31.1 Å². The highest BCUT2D eigenvalue weighted by molar-refractivity contribution is 7.85. The third kappa shape index (κ3) is 4.00. The van der Waals surface area contributed by atoms with Crippen LogP contribution < -0.4 is 0 Å². The van der Waals surface area contributed by atoms with Crippen molar-refractivity contribution in [1.29, 1.82) is 0 Å². The summed E-state index contributed by atoms with van der Waals surface area (Å²) in [5.74, 6) is 1.79. The van der Waals surface area contributed by atoms with Gasteiger partial charge in [0.2, 0.25) is 0 Å². The van der Waals surface area contributed by atoms with E-state index >= 15 is 0 Å². The molecule has 1 aliphatic rings. The lowest BCUT2D eigenvalue weighted by Crippen LogP contribution is -2.40. The number of hydrogen-bond donors (Lipinski definition) is 0. The maximum atomic E-state index is 11.3. The first-order valence-corrected chi connectivity index (χ1v) is 6.30. The first-order chi connectivity index (χ1) is 6.22. The molecule has 1 fully saturated rings. The molecule has 1 heterocycles. The minimum atomic E-state index is -0.632. The van der Waals surface area contributed by atoms with Gasteiger partial charge in [0.25, 0.3) is 0 Å². The topological polar surface area (TPSA) is 37.4 Å². The van der Waals surface area contributed by atoms with Crippen molar-refractivity contribution in [3.05, 3.63) is 0 Å². The van der Waals surface area contributed by atoms with Crippen LogP contribution in [-0.2, 0) is 15.6 Å². The molecule has 0 aromatic rings. The van der Waals surface area contributed by atoms with Gasteiger partial charge in [0.1, 0.15) is 5.78 Å². The fourth-order valence-electron chi connectivity index (χ4n) is 1.44. The maximum Gasteiger partial charge on any atom is 0.146 e. The zero-order valence-electron chi connectivity index (χ0n) is 8.12. The average molecular weight is 203 g/mol. The van der Waals surface area contributed by atoms with E-state index in [0.29, 0.717) is 18.7 Å². The summed E-state index contributed by atoms with van der Waals surface area (Å²) in [5.41, 5.74) is 0. The Morgan fingerprint density at radius 1 is 1.38 bits per heavy atom. The van der Waals surface area contributed by atoms with E-state index < -0.39 is 10.8 Å². The van der Waals surface area contributed by atoms with Crippen molar-refractivity contribution in [2.45, 2.75) is 19.8 Å². The van der Waals surface area contributed by atoms with Crippen molar-refractivity contribution in [1.82, 2.24) is 4.90 Å². The number of hydrogen-bond acceptors (Lipinski definition) is 3. The highest BCUT2D eigenvalue weighted by atomic mass is 32.2. The van der Waals surface area contributed by atoms with Crippen LogP contribution in [0.25, 0.3) is 0 Å². The predicted molar refractivity (Wildman–Crippen MR) is 54.2 cm³/mol. The highest BCUT2D eigenvalue weighted by Crippen LogP contribution is 2.01. The number of Topliss-reactive ketones (excluding diaryl/α,β-unsaturated/α-hetero) is 1. The van der Waals surface area contributed by atoms with Gasteiger partial charge < -0.3 is 0 Å². The summed E-state index contributed by atoms with van der Waals surface area (Å²) in [7, 11) is -0.632. The van der Waals surface area contributed by atoms with Crippen LogP contribution in [0.2, 0.25) is 0 Å². The quantitative estimate of drug-likeness (QED) is 0.664. The van der Waals surface area contributed by atoms with Crippen molar-refractivity contribution < 1.29 is 9.00 Å². The monoisotopic (exact) mass is 203 g/mol. The van der Waals surface area contributed by atoms with Crippen LogP contribution in [0.15, 0.2) is 0 Å². The summed E-state index contributed by atoms with van der Waals surface area (Å²) >= 11 is 0. The molecule has 0 N–H and O–H groups in total. The lowest BCUT2D eigenvalue weighted by molar-refractivity contribution is -0.120. The highest BCUT2D eigenvalue weighted by Gasteiger charge is 2.16. The zero-order chi connectivity index (χ0) is 9.68. The Balaban J connectivity index is 2.22. The summed E-state index contributed by atoms with van der Waals surface area (Å²) in [4.78, 5) is 13.4. The second-order valence-corrected chi connectivity index (χ2v) is 5.11. The first-order valence-electron chi connectivity index (χ1n) is 4.81. The molecule has 0 aromatic carbocycles. The SMILES string of the molecule is CCCC(=O)CN1CCS(=O)CC1. The predicted octanol–water partition coefficient (Wildman–Crippen LogP) is 0.420. The number of nitrogens with zero attached hydrogens (tertiary/aromatic N) is 1. The summed E-state index contributed by atoms with van der Waals surface area (Å²) < 4.78 is 11.0. The van der Waals surface area contributed by atoms with Crippen molar-refractivity contribution in [2.24, 2.45) is 0 Å². The molecule has 3 nitrogen and oxygen atoms in total. The maximum absolute atomic E-state index is 11.3. The van der Waals surface area contributed by atoms with E-state index in [1.54, 1.807) is 0 Å². The Hall–Kier alpha value is -0.220. The lowest BCUT2D eigenvalue weighted by Gasteiger charge is -2.25. The van der Waals surface area contributed by atoms with E-state index in [2.05, 4.69) is 4.90 Å².